The number of hydrogen-bond donors (Lipinski definition) is 4. The lowest BCUT2D eigenvalue weighted by Crippen LogP contribution is -2.23. The molecule has 130 valence electrons. The molecule has 0 saturated heterocycles. The Labute approximate surface area is 142 Å². The Morgan fingerprint density at radius 2 is 1.88 bits per heavy atom. The number of aromatic nitrogens is 3. The van der Waals surface area contributed by atoms with Crippen molar-refractivity contribution in [1.29, 1.82) is 0 Å². The Kier molecular flexibility index (Phi) is 4.55. The number of aromatic amines is 2. The molecule has 3 aromatic rings. The summed E-state index contributed by atoms with van der Waals surface area (Å²) in [6.07, 6.45) is 1.58. The molecular formula is C15H14N4O5S. The number of sulfonamides is 1. The van der Waals surface area contributed by atoms with Crippen LogP contribution < -0.4 is 15.1 Å². The lowest BCUT2D eigenvalue weighted by molar-refractivity contribution is 0.447. The Balaban J connectivity index is 1.70. The van der Waals surface area contributed by atoms with Crippen LogP contribution in [0, 0.1) is 0 Å². The van der Waals surface area contributed by atoms with Gasteiger partial charge in [-0.2, -0.15) is 0 Å². The quantitative estimate of drug-likeness (QED) is 0.518. The summed E-state index contributed by atoms with van der Waals surface area (Å²) in [5.74, 6) is 0.417. The Hall–Kier alpha value is -3.11. The molecule has 0 amide bonds. The van der Waals surface area contributed by atoms with Gasteiger partial charge in [0.25, 0.3) is 0 Å². The van der Waals surface area contributed by atoms with Crippen molar-refractivity contribution in [3.8, 4) is 17.5 Å². The first kappa shape index (κ1) is 16.7. The molecule has 25 heavy (non-hydrogen) atoms. The van der Waals surface area contributed by atoms with Crippen LogP contribution in [0.4, 0.5) is 0 Å². The van der Waals surface area contributed by atoms with Crippen molar-refractivity contribution in [2.75, 3.05) is 0 Å². The van der Waals surface area contributed by atoms with Crippen molar-refractivity contribution in [2.45, 2.75) is 11.4 Å². The molecule has 2 aromatic heterocycles. The van der Waals surface area contributed by atoms with E-state index in [1.54, 1.807) is 24.4 Å². The number of pyridine rings is 1. The van der Waals surface area contributed by atoms with Crippen molar-refractivity contribution in [2.24, 2.45) is 0 Å². The van der Waals surface area contributed by atoms with Crippen LogP contribution in [0.5, 0.6) is 17.5 Å². The molecule has 0 radical (unpaired) electrons. The fourth-order valence-corrected chi connectivity index (χ4v) is 3.00. The van der Waals surface area contributed by atoms with E-state index in [-0.39, 0.29) is 17.1 Å². The molecule has 1 aromatic carbocycles. The van der Waals surface area contributed by atoms with Crippen LogP contribution in [0.1, 0.15) is 5.69 Å². The first-order valence-electron chi connectivity index (χ1n) is 7.13. The predicted octanol–water partition coefficient (Wildman–Crippen LogP) is 1.07. The molecule has 10 heteroatoms. The van der Waals surface area contributed by atoms with E-state index in [1.165, 1.54) is 24.3 Å². The van der Waals surface area contributed by atoms with E-state index >= 15 is 0 Å². The lowest BCUT2D eigenvalue weighted by Gasteiger charge is -2.08. The van der Waals surface area contributed by atoms with Gasteiger partial charge in [0.2, 0.25) is 21.8 Å². The summed E-state index contributed by atoms with van der Waals surface area (Å²) in [5, 5.41) is 9.43. The highest BCUT2D eigenvalue weighted by molar-refractivity contribution is 7.89. The second-order valence-electron chi connectivity index (χ2n) is 4.97. The lowest BCUT2D eigenvalue weighted by atomic mass is 10.3. The summed E-state index contributed by atoms with van der Waals surface area (Å²) in [7, 11) is -3.82. The molecule has 4 N–H and O–H groups in total. The smallest absolute Gasteiger partial charge is 0.326 e. The first-order chi connectivity index (χ1) is 11.9. The van der Waals surface area contributed by atoms with Gasteiger partial charge in [-0.25, -0.2) is 22.9 Å². The third kappa shape index (κ3) is 4.05. The number of hydrogen-bond acceptors (Lipinski definition) is 6. The fourth-order valence-electron chi connectivity index (χ4n) is 2.00. The van der Waals surface area contributed by atoms with E-state index in [9.17, 15) is 18.3 Å². The van der Waals surface area contributed by atoms with Crippen LogP contribution in [-0.2, 0) is 16.6 Å². The topological polar surface area (TPSA) is 137 Å². The maximum absolute atomic E-state index is 12.2. The van der Waals surface area contributed by atoms with Gasteiger partial charge in [0, 0.05) is 12.3 Å². The SMILES string of the molecule is O=c1[nH]c(O)c(CNS(=O)(=O)c2ccc(Oc3ccccn3)cc2)[nH]1. The van der Waals surface area contributed by atoms with E-state index in [4.69, 9.17) is 4.74 Å². The third-order valence-electron chi connectivity index (χ3n) is 3.22. The Morgan fingerprint density at radius 1 is 1.12 bits per heavy atom. The number of H-pyrrole nitrogens is 2. The molecule has 9 nitrogen and oxygen atoms in total. The van der Waals surface area contributed by atoms with Crippen LogP contribution in [0.15, 0.2) is 58.4 Å². The van der Waals surface area contributed by atoms with Crippen LogP contribution in [0.3, 0.4) is 0 Å². The molecule has 0 saturated carbocycles. The van der Waals surface area contributed by atoms with Gasteiger partial charge in [-0.15, -0.1) is 0 Å². The average molecular weight is 362 g/mol. The van der Waals surface area contributed by atoms with E-state index in [2.05, 4.69) is 19.7 Å². The van der Waals surface area contributed by atoms with Crippen molar-refractivity contribution in [1.82, 2.24) is 19.7 Å². The Bertz CT molecular complexity index is 1010. The third-order valence-corrected chi connectivity index (χ3v) is 4.63. The molecule has 0 aliphatic rings. The zero-order valence-corrected chi connectivity index (χ0v) is 13.6. The molecule has 2 heterocycles. The number of rotatable bonds is 6. The standard InChI is InChI=1S/C15H14N4O5S/c20-14-12(18-15(21)19-14)9-17-25(22,23)11-6-4-10(5-7-11)24-13-3-1-2-8-16-13/h1-8,17,20H,9H2,(H2,18,19,21). The molecule has 3 rings (SSSR count). The number of imidazole rings is 1. The number of ether oxygens (including phenoxy) is 1. The summed E-state index contributed by atoms with van der Waals surface area (Å²) >= 11 is 0. The molecule has 0 unspecified atom stereocenters. The van der Waals surface area contributed by atoms with Crippen LogP contribution in [0.25, 0.3) is 0 Å². The summed E-state index contributed by atoms with van der Waals surface area (Å²) in [4.78, 5) is 19.4. The number of nitrogens with one attached hydrogen (secondary N) is 3. The van der Waals surface area contributed by atoms with Gasteiger partial charge in [-0.3, -0.25) is 4.98 Å². The van der Waals surface area contributed by atoms with Crippen LogP contribution >= 0.6 is 0 Å². The fraction of sp³-hybridized carbons (Fsp3) is 0.0667. The zero-order valence-electron chi connectivity index (χ0n) is 12.8. The van der Waals surface area contributed by atoms with Crippen LogP contribution in [0.2, 0.25) is 0 Å². The second kappa shape index (κ2) is 6.79. The van der Waals surface area contributed by atoms with E-state index < -0.39 is 21.6 Å². The van der Waals surface area contributed by atoms with Gasteiger partial charge in [0.15, 0.2) is 0 Å². The highest BCUT2D eigenvalue weighted by Crippen LogP contribution is 2.21. The highest BCUT2D eigenvalue weighted by atomic mass is 32.2. The van der Waals surface area contributed by atoms with Crippen molar-refractivity contribution in [3.63, 3.8) is 0 Å². The van der Waals surface area contributed by atoms with Gasteiger partial charge in [-0.1, -0.05) is 6.07 Å². The van der Waals surface area contributed by atoms with E-state index in [0.29, 0.717) is 11.6 Å². The molecular weight excluding hydrogens is 348 g/mol. The van der Waals surface area contributed by atoms with Gasteiger partial charge >= 0.3 is 5.69 Å². The molecule has 0 bridgehead atoms. The van der Waals surface area contributed by atoms with Crippen molar-refractivity contribution >= 4 is 10.0 Å². The first-order valence-corrected chi connectivity index (χ1v) is 8.61. The molecule has 0 atom stereocenters. The minimum atomic E-state index is -3.82. The molecule has 0 aliphatic carbocycles. The molecule has 0 aliphatic heterocycles. The predicted molar refractivity (Wildman–Crippen MR) is 87.9 cm³/mol. The second-order valence-corrected chi connectivity index (χ2v) is 6.74. The van der Waals surface area contributed by atoms with Gasteiger partial charge in [-0.05, 0) is 30.3 Å². The molecule has 0 fully saturated rings. The summed E-state index contributed by atoms with van der Waals surface area (Å²) in [6.45, 7) is -0.265. The summed E-state index contributed by atoms with van der Waals surface area (Å²) in [6, 6.07) is 10.9. The van der Waals surface area contributed by atoms with Crippen molar-refractivity contribution < 1.29 is 18.3 Å². The molecule has 0 spiro atoms. The van der Waals surface area contributed by atoms with E-state index in [0.717, 1.165) is 0 Å². The largest absolute Gasteiger partial charge is 0.493 e. The normalized spacial score (nSPS) is 11.4. The van der Waals surface area contributed by atoms with Crippen molar-refractivity contribution in [3.05, 3.63) is 64.8 Å². The van der Waals surface area contributed by atoms with E-state index in [1.807, 2.05) is 0 Å². The summed E-state index contributed by atoms with van der Waals surface area (Å²) < 4.78 is 32.3. The van der Waals surface area contributed by atoms with Gasteiger partial charge < -0.3 is 14.8 Å². The Morgan fingerprint density at radius 3 is 2.48 bits per heavy atom. The van der Waals surface area contributed by atoms with Crippen LogP contribution in [-0.4, -0.2) is 28.5 Å². The monoisotopic (exact) mass is 362 g/mol. The number of nitrogens with zero attached hydrogens (tertiary/aromatic N) is 1. The maximum atomic E-state index is 12.2. The number of benzene rings is 1. The highest BCUT2D eigenvalue weighted by Gasteiger charge is 2.16. The number of aromatic hydroxyl groups is 1. The minimum Gasteiger partial charge on any atom is -0.493 e. The van der Waals surface area contributed by atoms with Gasteiger partial charge in [0.05, 0.1) is 17.1 Å². The summed E-state index contributed by atoms with van der Waals surface area (Å²) in [5.41, 5.74) is -0.577. The minimum absolute atomic E-state index is 0.0123. The maximum Gasteiger partial charge on any atom is 0.326 e. The average Bonchev–Trinajstić information content (AvgIpc) is 2.92. The van der Waals surface area contributed by atoms with Gasteiger partial charge in [0.1, 0.15) is 5.75 Å². The zero-order chi connectivity index (χ0) is 17.9.